The highest BCUT2D eigenvalue weighted by Gasteiger charge is 2.23. The van der Waals surface area contributed by atoms with Crippen LogP contribution in [-0.2, 0) is 0 Å². The molecule has 2 aromatic carbocycles. The van der Waals surface area contributed by atoms with E-state index in [0.29, 0.717) is 15.6 Å². The van der Waals surface area contributed by atoms with Gasteiger partial charge in [-0.3, -0.25) is 4.79 Å². The molecular formula is C19H21Cl2NO. The fourth-order valence-corrected chi connectivity index (χ4v) is 2.73. The van der Waals surface area contributed by atoms with Crippen LogP contribution in [0.3, 0.4) is 0 Å². The summed E-state index contributed by atoms with van der Waals surface area (Å²) in [5.41, 5.74) is 1.66. The normalized spacial score (nSPS) is 12.7. The number of hydrogen-bond donors (Lipinski definition) is 1. The van der Waals surface area contributed by atoms with E-state index >= 15 is 0 Å². The molecule has 23 heavy (non-hydrogen) atoms. The summed E-state index contributed by atoms with van der Waals surface area (Å²) >= 11 is 12.1. The molecule has 1 amide bonds. The van der Waals surface area contributed by atoms with Gasteiger partial charge in [0.25, 0.3) is 5.91 Å². The van der Waals surface area contributed by atoms with Crippen molar-refractivity contribution in [1.29, 1.82) is 0 Å². The number of carbonyl (C=O) groups is 1. The number of carbonyl (C=O) groups excluding carboxylic acids is 1. The number of amides is 1. The van der Waals surface area contributed by atoms with Crippen LogP contribution in [0.2, 0.25) is 10.0 Å². The van der Waals surface area contributed by atoms with Gasteiger partial charge in [0.05, 0.1) is 16.1 Å². The van der Waals surface area contributed by atoms with Crippen LogP contribution in [0.1, 0.15) is 49.2 Å². The van der Waals surface area contributed by atoms with Crippen LogP contribution in [-0.4, -0.2) is 5.91 Å². The number of halogens is 2. The number of benzene rings is 2. The van der Waals surface area contributed by atoms with Crippen LogP contribution < -0.4 is 5.32 Å². The molecule has 0 aliphatic rings. The second kappa shape index (κ2) is 7.37. The van der Waals surface area contributed by atoms with E-state index in [9.17, 15) is 4.79 Å². The van der Waals surface area contributed by atoms with Gasteiger partial charge in [-0.15, -0.1) is 0 Å². The number of nitrogens with one attached hydrogen (secondary N) is 1. The van der Waals surface area contributed by atoms with Crippen molar-refractivity contribution in [3.63, 3.8) is 0 Å². The minimum Gasteiger partial charge on any atom is -0.345 e. The molecule has 1 N–H and O–H groups in total. The van der Waals surface area contributed by atoms with E-state index in [2.05, 4.69) is 26.1 Å². The molecule has 4 heteroatoms. The highest BCUT2D eigenvalue weighted by atomic mass is 35.5. The first kappa shape index (κ1) is 17.8. The van der Waals surface area contributed by atoms with Crippen molar-refractivity contribution in [1.82, 2.24) is 5.32 Å². The molecule has 0 aliphatic carbocycles. The average Bonchev–Trinajstić information content (AvgIpc) is 2.49. The predicted molar refractivity (Wildman–Crippen MR) is 97.2 cm³/mol. The summed E-state index contributed by atoms with van der Waals surface area (Å²) in [6.07, 6.45) is 0.795. The molecule has 1 atom stereocenters. The van der Waals surface area contributed by atoms with E-state index < -0.39 is 0 Å². The summed E-state index contributed by atoms with van der Waals surface area (Å²) in [5, 5.41) is 4.12. The average molecular weight is 350 g/mol. The summed E-state index contributed by atoms with van der Waals surface area (Å²) in [5.74, 6) is -0.0917. The van der Waals surface area contributed by atoms with Crippen molar-refractivity contribution in [2.45, 2.75) is 33.2 Å². The Labute approximate surface area is 147 Å². The van der Waals surface area contributed by atoms with E-state index in [4.69, 9.17) is 23.2 Å². The van der Waals surface area contributed by atoms with Gasteiger partial charge in [-0.25, -0.2) is 0 Å². The maximum Gasteiger partial charge on any atom is 0.251 e. The van der Waals surface area contributed by atoms with Gasteiger partial charge < -0.3 is 5.32 Å². The van der Waals surface area contributed by atoms with Crippen molar-refractivity contribution < 1.29 is 4.79 Å². The monoisotopic (exact) mass is 349 g/mol. The first-order valence-electron chi connectivity index (χ1n) is 7.57. The Morgan fingerprint density at radius 2 is 1.70 bits per heavy atom. The van der Waals surface area contributed by atoms with E-state index in [1.54, 1.807) is 18.2 Å². The van der Waals surface area contributed by atoms with Crippen LogP contribution >= 0.6 is 23.2 Å². The molecular weight excluding hydrogens is 329 g/mol. The summed E-state index contributed by atoms with van der Waals surface area (Å²) in [7, 11) is 0. The quantitative estimate of drug-likeness (QED) is 0.731. The lowest BCUT2D eigenvalue weighted by atomic mass is 9.85. The molecule has 0 heterocycles. The molecule has 0 spiro atoms. The van der Waals surface area contributed by atoms with Gasteiger partial charge >= 0.3 is 0 Å². The highest BCUT2D eigenvalue weighted by Crippen LogP contribution is 2.32. The van der Waals surface area contributed by atoms with Gasteiger partial charge in [0.1, 0.15) is 0 Å². The molecule has 0 fully saturated rings. The van der Waals surface area contributed by atoms with Crippen molar-refractivity contribution in [2.24, 2.45) is 5.41 Å². The molecule has 0 aromatic heterocycles. The fourth-order valence-electron chi connectivity index (χ4n) is 2.42. The second-order valence-corrected chi connectivity index (χ2v) is 7.64. The maximum absolute atomic E-state index is 12.5. The molecule has 0 radical (unpaired) electrons. The predicted octanol–water partition coefficient (Wildman–Crippen LogP) is 5.90. The minimum atomic E-state index is -0.127. The Morgan fingerprint density at radius 3 is 2.26 bits per heavy atom. The molecule has 2 nitrogen and oxygen atoms in total. The van der Waals surface area contributed by atoms with Gasteiger partial charge in [-0.05, 0) is 41.7 Å². The Balaban J connectivity index is 2.27. The van der Waals surface area contributed by atoms with Gasteiger partial charge in [0.15, 0.2) is 0 Å². The third-order valence-corrected chi connectivity index (χ3v) is 4.24. The number of hydrogen-bond acceptors (Lipinski definition) is 1. The van der Waals surface area contributed by atoms with E-state index in [-0.39, 0.29) is 17.4 Å². The van der Waals surface area contributed by atoms with Crippen LogP contribution in [0.25, 0.3) is 0 Å². The SMILES string of the molecule is CC(C)(C)CC(NC(=O)c1ccccc1)c1ccc(Cl)c(Cl)c1. The van der Waals surface area contributed by atoms with E-state index in [0.717, 1.165) is 12.0 Å². The molecule has 0 saturated carbocycles. The maximum atomic E-state index is 12.5. The molecule has 0 aliphatic heterocycles. The Hall–Kier alpha value is -1.51. The summed E-state index contributed by atoms with van der Waals surface area (Å²) in [4.78, 5) is 12.5. The van der Waals surface area contributed by atoms with Crippen LogP contribution in [0.15, 0.2) is 48.5 Å². The lowest BCUT2D eigenvalue weighted by Gasteiger charge is -2.27. The Kier molecular flexibility index (Phi) is 5.72. The van der Waals surface area contributed by atoms with Crippen LogP contribution in [0.5, 0.6) is 0 Å². The molecule has 0 bridgehead atoms. The topological polar surface area (TPSA) is 29.1 Å². The lowest BCUT2D eigenvalue weighted by molar-refractivity contribution is 0.0926. The fraction of sp³-hybridized carbons (Fsp3) is 0.316. The zero-order valence-corrected chi connectivity index (χ0v) is 15.1. The van der Waals surface area contributed by atoms with Crippen molar-refractivity contribution >= 4 is 29.1 Å². The summed E-state index contributed by atoms with van der Waals surface area (Å²) < 4.78 is 0. The molecule has 2 rings (SSSR count). The Morgan fingerprint density at radius 1 is 1.04 bits per heavy atom. The largest absolute Gasteiger partial charge is 0.345 e. The van der Waals surface area contributed by atoms with Gasteiger partial charge in [-0.2, -0.15) is 0 Å². The smallest absolute Gasteiger partial charge is 0.251 e. The first-order valence-corrected chi connectivity index (χ1v) is 8.33. The molecule has 1 unspecified atom stereocenters. The lowest BCUT2D eigenvalue weighted by Crippen LogP contribution is -2.31. The Bertz CT molecular complexity index is 678. The summed E-state index contributed by atoms with van der Waals surface area (Å²) in [6.45, 7) is 6.44. The minimum absolute atomic E-state index is 0.0563. The zero-order valence-electron chi connectivity index (χ0n) is 13.6. The molecule has 122 valence electrons. The first-order chi connectivity index (χ1) is 10.8. The van der Waals surface area contributed by atoms with Crippen LogP contribution in [0, 0.1) is 5.41 Å². The van der Waals surface area contributed by atoms with Crippen molar-refractivity contribution in [3.8, 4) is 0 Å². The van der Waals surface area contributed by atoms with Crippen molar-refractivity contribution in [3.05, 3.63) is 69.7 Å². The van der Waals surface area contributed by atoms with Crippen LogP contribution in [0.4, 0.5) is 0 Å². The third-order valence-electron chi connectivity index (χ3n) is 3.50. The highest BCUT2D eigenvalue weighted by molar-refractivity contribution is 6.42. The van der Waals surface area contributed by atoms with Gasteiger partial charge in [-0.1, -0.05) is 68.2 Å². The molecule has 2 aromatic rings. The summed E-state index contributed by atoms with van der Waals surface area (Å²) in [6, 6.07) is 14.6. The standard InChI is InChI=1S/C19H21Cl2NO/c1-19(2,3)12-17(14-9-10-15(20)16(21)11-14)22-18(23)13-7-5-4-6-8-13/h4-11,17H,12H2,1-3H3,(H,22,23). The molecule has 0 saturated heterocycles. The number of rotatable bonds is 4. The van der Waals surface area contributed by atoms with E-state index in [1.165, 1.54) is 0 Å². The zero-order chi connectivity index (χ0) is 17.0. The van der Waals surface area contributed by atoms with Crippen molar-refractivity contribution in [2.75, 3.05) is 0 Å². The van der Waals surface area contributed by atoms with Gasteiger partial charge in [0.2, 0.25) is 0 Å². The van der Waals surface area contributed by atoms with Gasteiger partial charge in [0, 0.05) is 5.56 Å². The second-order valence-electron chi connectivity index (χ2n) is 6.83. The van der Waals surface area contributed by atoms with E-state index in [1.807, 2.05) is 30.3 Å². The third kappa shape index (κ3) is 5.26.